The van der Waals surface area contributed by atoms with Crippen LogP contribution in [0, 0.1) is 0 Å². The Balaban J connectivity index is 2.64. The van der Waals surface area contributed by atoms with Crippen LogP contribution in [0.15, 0.2) is 22.7 Å². The van der Waals surface area contributed by atoms with Gasteiger partial charge in [0.25, 0.3) is 0 Å². The number of anilines is 1. The van der Waals surface area contributed by atoms with E-state index in [-0.39, 0.29) is 6.04 Å². The van der Waals surface area contributed by atoms with E-state index in [1.165, 1.54) is 0 Å². The molecule has 0 bridgehead atoms. The van der Waals surface area contributed by atoms with Crippen LogP contribution in [-0.4, -0.2) is 26.4 Å². The lowest BCUT2D eigenvalue weighted by molar-refractivity contribution is 0.141. The zero-order valence-electron chi connectivity index (χ0n) is 9.92. The lowest BCUT2D eigenvalue weighted by Gasteiger charge is -2.16. The van der Waals surface area contributed by atoms with Gasteiger partial charge in [-0.3, -0.25) is 0 Å². The third kappa shape index (κ3) is 4.02. The maximum absolute atomic E-state index is 5.35. The van der Waals surface area contributed by atoms with Gasteiger partial charge in [-0.25, -0.2) is 0 Å². The molecule has 0 fully saturated rings. The van der Waals surface area contributed by atoms with Gasteiger partial charge in [0.1, 0.15) is 5.75 Å². The maximum Gasteiger partial charge on any atom is 0.121 e. The fourth-order valence-corrected chi connectivity index (χ4v) is 1.70. The summed E-state index contributed by atoms with van der Waals surface area (Å²) in [7, 11) is 1.66. The molecular weight excluding hydrogens is 270 g/mol. The van der Waals surface area contributed by atoms with Crippen molar-refractivity contribution in [1.82, 2.24) is 0 Å². The van der Waals surface area contributed by atoms with E-state index in [4.69, 9.17) is 9.47 Å². The van der Waals surface area contributed by atoms with Crippen molar-refractivity contribution in [1.29, 1.82) is 0 Å². The number of benzene rings is 1. The Hall–Kier alpha value is -0.740. The first-order valence-electron chi connectivity index (χ1n) is 5.35. The quantitative estimate of drug-likeness (QED) is 0.871. The molecule has 0 aliphatic heterocycles. The van der Waals surface area contributed by atoms with E-state index in [9.17, 15) is 0 Å². The van der Waals surface area contributed by atoms with Crippen LogP contribution < -0.4 is 10.1 Å². The van der Waals surface area contributed by atoms with Gasteiger partial charge in [0.15, 0.2) is 0 Å². The summed E-state index contributed by atoms with van der Waals surface area (Å²) in [6.07, 6.45) is 0. The molecule has 1 N–H and O–H groups in total. The molecule has 1 unspecified atom stereocenters. The van der Waals surface area contributed by atoms with Crippen LogP contribution in [0.4, 0.5) is 5.69 Å². The summed E-state index contributed by atoms with van der Waals surface area (Å²) in [5.41, 5.74) is 1.02. The summed E-state index contributed by atoms with van der Waals surface area (Å²) in [5, 5.41) is 3.37. The van der Waals surface area contributed by atoms with Crippen LogP contribution in [0.5, 0.6) is 5.75 Å². The van der Waals surface area contributed by atoms with Gasteiger partial charge in [-0.2, -0.15) is 0 Å². The van der Waals surface area contributed by atoms with Gasteiger partial charge in [-0.05, 0) is 41.9 Å². The van der Waals surface area contributed by atoms with Crippen LogP contribution in [0.1, 0.15) is 13.8 Å². The number of ether oxygens (including phenoxy) is 2. The van der Waals surface area contributed by atoms with Crippen LogP contribution in [0.3, 0.4) is 0 Å². The lowest BCUT2D eigenvalue weighted by atomic mass is 10.2. The second-order valence-electron chi connectivity index (χ2n) is 3.55. The van der Waals surface area contributed by atoms with Crippen LogP contribution in [0.2, 0.25) is 0 Å². The second-order valence-corrected chi connectivity index (χ2v) is 4.40. The van der Waals surface area contributed by atoms with Gasteiger partial charge >= 0.3 is 0 Å². The highest BCUT2D eigenvalue weighted by Crippen LogP contribution is 2.27. The fourth-order valence-electron chi connectivity index (χ4n) is 1.34. The molecule has 1 aromatic rings. The minimum Gasteiger partial charge on any atom is -0.497 e. The first-order chi connectivity index (χ1) is 7.67. The molecule has 1 atom stereocenters. The lowest BCUT2D eigenvalue weighted by Crippen LogP contribution is -2.21. The van der Waals surface area contributed by atoms with Crippen molar-refractivity contribution in [3.8, 4) is 5.75 Å². The van der Waals surface area contributed by atoms with E-state index in [0.29, 0.717) is 6.61 Å². The zero-order valence-corrected chi connectivity index (χ0v) is 11.5. The van der Waals surface area contributed by atoms with Crippen LogP contribution in [-0.2, 0) is 4.74 Å². The van der Waals surface area contributed by atoms with E-state index >= 15 is 0 Å². The average Bonchev–Trinajstić information content (AvgIpc) is 2.29. The molecule has 0 aromatic heterocycles. The van der Waals surface area contributed by atoms with Gasteiger partial charge < -0.3 is 14.8 Å². The number of nitrogens with one attached hydrogen (secondary N) is 1. The maximum atomic E-state index is 5.35. The molecule has 0 aliphatic carbocycles. The van der Waals surface area contributed by atoms with Crippen LogP contribution in [0.25, 0.3) is 0 Å². The van der Waals surface area contributed by atoms with E-state index in [2.05, 4.69) is 28.2 Å². The highest BCUT2D eigenvalue weighted by atomic mass is 79.9. The van der Waals surface area contributed by atoms with Crippen molar-refractivity contribution in [3.63, 3.8) is 0 Å². The number of hydrogen-bond acceptors (Lipinski definition) is 3. The molecule has 0 aliphatic rings. The number of hydrogen-bond donors (Lipinski definition) is 1. The Morgan fingerprint density at radius 1 is 1.44 bits per heavy atom. The average molecular weight is 288 g/mol. The Morgan fingerprint density at radius 2 is 2.19 bits per heavy atom. The van der Waals surface area contributed by atoms with Crippen molar-refractivity contribution in [2.45, 2.75) is 19.9 Å². The molecule has 0 saturated heterocycles. The summed E-state index contributed by atoms with van der Waals surface area (Å²) >= 11 is 3.50. The summed E-state index contributed by atoms with van der Waals surface area (Å²) in [6, 6.07) is 6.12. The predicted octanol–water partition coefficient (Wildman–Crippen LogP) is 3.29. The van der Waals surface area contributed by atoms with Gasteiger partial charge in [0.2, 0.25) is 0 Å². The molecule has 16 heavy (non-hydrogen) atoms. The minimum absolute atomic E-state index is 0.267. The molecule has 1 aromatic carbocycles. The van der Waals surface area contributed by atoms with E-state index in [1.54, 1.807) is 7.11 Å². The first-order valence-corrected chi connectivity index (χ1v) is 6.14. The third-order valence-corrected chi connectivity index (χ3v) is 2.84. The van der Waals surface area contributed by atoms with Gasteiger partial charge in [0, 0.05) is 23.2 Å². The normalized spacial score (nSPS) is 12.2. The molecule has 4 heteroatoms. The zero-order chi connectivity index (χ0) is 12.0. The van der Waals surface area contributed by atoms with E-state index in [0.717, 1.165) is 22.5 Å². The van der Waals surface area contributed by atoms with Crippen molar-refractivity contribution < 1.29 is 9.47 Å². The molecule has 0 saturated carbocycles. The second kappa shape index (κ2) is 6.76. The summed E-state index contributed by atoms with van der Waals surface area (Å²) in [4.78, 5) is 0. The van der Waals surface area contributed by atoms with E-state index < -0.39 is 0 Å². The summed E-state index contributed by atoms with van der Waals surface area (Å²) < 4.78 is 11.6. The molecule has 90 valence electrons. The monoisotopic (exact) mass is 287 g/mol. The van der Waals surface area contributed by atoms with Crippen molar-refractivity contribution >= 4 is 21.6 Å². The molecule has 1 rings (SSSR count). The highest BCUT2D eigenvalue weighted by molar-refractivity contribution is 9.10. The Bertz CT molecular complexity index is 331. The topological polar surface area (TPSA) is 30.5 Å². The molecular formula is C12H18BrNO2. The Kier molecular flexibility index (Phi) is 5.63. The molecule has 0 radical (unpaired) electrons. The number of halogens is 1. The minimum atomic E-state index is 0.267. The predicted molar refractivity (Wildman–Crippen MR) is 70.3 cm³/mol. The third-order valence-electron chi connectivity index (χ3n) is 2.15. The summed E-state index contributed by atoms with van der Waals surface area (Å²) in [6.45, 7) is 5.52. The molecule has 0 spiro atoms. The number of rotatable bonds is 6. The SMILES string of the molecule is CCOCC(C)Nc1cc(OC)ccc1Br. The van der Waals surface area contributed by atoms with Crippen molar-refractivity contribution in [2.75, 3.05) is 25.6 Å². The van der Waals surface area contributed by atoms with Crippen molar-refractivity contribution in [2.24, 2.45) is 0 Å². The smallest absolute Gasteiger partial charge is 0.121 e. The fraction of sp³-hybridized carbons (Fsp3) is 0.500. The van der Waals surface area contributed by atoms with Gasteiger partial charge in [-0.1, -0.05) is 0 Å². The van der Waals surface area contributed by atoms with E-state index in [1.807, 2.05) is 25.1 Å². The molecule has 0 heterocycles. The highest BCUT2D eigenvalue weighted by Gasteiger charge is 2.06. The molecule has 0 amide bonds. The molecule has 3 nitrogen and oxygen atoms in total. The first kappa shape index (κ1) is 13.3. The number of methoxy groups -OCH3 is 1. The van der Waals surface area contributed by atoms with Gasteiger partial charge in [0.05, 0.1) is 19.4 Å². The van der Waals surface area contributed by atoms with Crippen molar-refractivity contribution in [3.05, 3.63) is 22.7 Å². The largest absolute Gasteiger partial charge is 0.497 e. The Morgan fingerprint density at radius 3 is 2.81 bits per heavy atom. The Labute approximate surface area is 105 Å². The van der Waals surface area contributed by atoms with Gasteiger partial charge in [-0.15, -0.1) is 0 Å². The summed E-state index contributed by atoms with van der Waals surface area (Å²) in [5.74, 6) is 0.842. The van der Waals surface area contributed by atoms with Crippen LogP contribution >= 0.6 is 15.9 Å². The standard InChI is InChI=1S/C12H18BrNO2/c1-4-16-8-9(2)14-12-7-10(15-3)5-6-11(12)13/h5-7,9,14H,4,8H2,1-3H3.